The molecule has 0 bridgehead atoms. The van der Waals surface area contributed by atoms with Gasteiger partial charge in [0.05, 0.1) is 12.7 Å². The minimum Gasteiger partial charge on any atom is -0.365 e. The van der Waals surface area contributed by atoms with Crippen LogP contribution in [0.15, 0.2) is 0 Å². The second-order valence-electron chi connectivity index (χ2n) is 1.84. The van der Waals surface area contributed by atoms with Gasteiger partial charge in [0, 0.05) is 6.04 Å². The molecule has 0 saturated carbocycles. The summed E-state index contributed by atoms with van der Waals surface area (Å²) in [5.74, 6) is 0. The smallest absolute Gasteiger partial charge is 0.133 e. The summed E-state index contributed by atoms with van der Waals surface area (Å²) in [6.07, 6.45) is 0.894. The van der Waals surface area contributed by atoms with E-state index in [0.29, 0.717) is 6.61 Å². The van der Waals surface area contributed by atoms with Crippen LogP contribution in [0.4, 0.5) is 0 Å². The van der Waals surface area contributed by atoms with E-state index in [4.69, 9.17) is 15.7 Å². The summed E-state index contributed by atoms with van der Waals surface area (Å²) >= 11 is 0. The number of nitrogens with two attached hydrogens (primary N) is 1. The Balaban J connectivity index is 2.99. The average Bonchev–Trinajstić information content (AvgIpc) is 1.89. The Hall–Kier alpha value is -0.590. The summed E-state index contributed by atoms with van der Waals surface area (Å²) in [7, 11) is 0. The van der Waals surface area contributed by atoms with E-state index < -0.39 is 0 Å². The molecule has 1 atom stereocenters. The highest BCUT2D eigenvalue weighted by Crippen LogP contribution is 1.85. The van der Waals surface area contributed by atoms with Crippen LogP contribution in [0.2, 0.25) is 0 Å². The number of hydrogen-bond donors (Lipinski definition) is 1. The molecule has 0 unspecified atom stereocenters. The van der Waals surface area contributed by atoms with Crippen molar-refractivity contribution in [2.24, 2.45) is 5.73 Å². The molecule has 0 aromatic carbocycles. The van der Waals surface area contributed by atoms with Crippen molar-refractivity contribution in [3.05, 3.63) is 0 Å². The number of ether oxygens (including phenoxy) is 1. The fraction of sp³-hybridized carbons (Fsp3) is 0.833. The molecule has 0 fully saturated rings. The van der Waals surface area contributed by atoms with Gasteiger partial charge in [-0.15, -0.1) is 0 Å². The second-order valence-corrected chi connectivity index (χ2v) is 1.84. The normalized spacial score (nSPS) is 12.6. The van der Waals surface area contributed by atoms with Gasteiger partial charge >= 0.3 is 0 Å². The highest BCUT2D eigenvalue weighted by molar-refractivity contribution is 4.67. The fourth-order valence-electron chi connectivity index (χ4n) is 0.374. The Morgan fingerprint density at radius 1 is 1.78 bits per heavy atom. The first-order valence-electron chi connectivity index (χ1n) is 3.01. The van der Waals surface area contributed by atoms with Gasteiger partial charge in [0.25, 0.3) is 0 Å². The Labute approximate surface area is 55.4 Å². The zero-order chi connectivity index (χ0) is 7.11. The third-order valence-electron chi connectivity index (χ3n) is 1.02. The number of nitriles is 1. The van der Waals surface area contributed by atoms with Gasteiger partial charge in [-0.05, 0) is 6.42 Å². The zero-order valence-corrected chi connectivity index (χ0v) is 5.63. The highest BCUT2D eigenvalue weighted by Gasteiger charge is 1.96. The van der Waals surface area contributed by atoms with Gasteiger partial charge in [-0.2, -0.15) is 5.26 Å². The summed E-state index contributed by atoms with van der Waals surface area (Å²) in [5.41, 5.74) is 5.48. The number of hydrogen-bond acceptors (Lipinski definition) is 3. The van der Waals surface area contributed by atoms with Crippen LogP contribution in [0.25, 0.3) is 0 Å². The number of nitrogens with zero attached hydrogens (tertiary/aromatic N) is 1. The highest BCUT2D eigenvalue weighted by atomic mass is 16.5. The molecule has 0 radical (unpaired) electrons. The lowest BCUT2D eigenvalue weighted by Crippen LogP contribution is -2.24. The van der Waals surface area contributed by atoms with Crippen LogP contribution < -0.4 is 5.73 Å². The van der Waals surface area contributed by atoms with Crippen molar-refractivity contribution in [1.29, 1.82) is 5.26 Å². The standard InChI is InChI=1S/C6H12N2O/c1-2-6(8)5-9-4-3-7/h6H,2,4-5,8H2,1H3/t6-/m1/s1. The third kappa shape index (κ3) is 5.28. The molecule has 52 valence electrons. The fourth-order valence-corrected chi connectivity index (χ4v) is 0.374. The van der Waals surface area contributed by atoms with Crippen LogP contribution in [0.1, 0.15) is 13.3 Å². The van der Waals surface area contributed by atoms with E-state index in [-0.39, 0.29) is 12.6 Å². The molecule has 0 aromatic heterocycles. The van der Waals surface area contributed by atoms with Crippen molar-refractivity contribution in [3.8, 4) is 6.07 Å². The van der Waals surface area contributed by atoms with Crippen molar-refractivity contribution >= 4 is 0 Å². The van der Waals surface area contributed by atoms with Crippen LogP contribution in [0, 0.1) is 11.3 Å². The minimum absolute atomic E-state index is 0.0818. The summed E-state index contributed by atoms with van der Waals surface area (Å²) in [5, 5.41) is 8.04. The first-order chi connectivity index (χ1) is 4.31. The molecule has 0 heterocycles. The van der Waals surface area contributed by atoms with Gasteiger partial charge < -0.3 is 10.5 Å². The Kier molecular flexibility index (Phi) is 5.18. The summed E-state index contributed by atoms with van der Waals surface area (Å²) < 4.78 is 4.85. The minimum atomic E-state index is 0.0818. The summed E-state index contributed by atoms with van der Waals surface area (Å²) in [4.78, 5) is 0. The Morgan fingerprint density at radius 2 is 2.44 bits per heavy atom. The van der Waals surface area contributed by atoms with Gasteiger partial charge in [0.1, 0.15) is 6.61 Å². The third-order valence-corrected chi connectivity index (χ3v) is 1.02. The van der Waals surface area contributed by atoms with Crippen LogP contribution in [-0.2, 0) is 4.74 Å². The maximum Gasteiger partial charge on any atom is 0.133 e. The van der Waals surface area contributed by atoms with Crippen molar-refractivity contribution in [1.82, 2.24) is 0 Å². The summed E-state index contributed by atoms with van der Waals surface area (Å²) in [6, 6.07) is 1.95. The van der Waals surface area contributed by atoms with Crippen LogP contribution >= 0.6 is 0 Å². The van der Waals surface area contributed by atoms with Crippen LogP contribution in [0.3, 0.4) is 0 Å². The topological polar surface area (TPSA) is 59.0 Å². The molecule has 0 spiro atoms. The predicted molar refractivity (Wildman–Crippen MR) is 34.7 cm³/mol. The molecule has 9 heavy (non-hydrogen) atoms. The van der Waals surface area contributed by atoms with E-state index in [0.717, 1.165) is 6.42 Å². The molecule has 0 aliphatic heterocycles. The van der Waals surface area contributed by atoms with Crippen LogP contribution in [0.5, 0.6) is 0 Å². The van der Waals surface area contributed by atoms with E-state index >= 15 is 0 Å². The molecular weight excluding hydrogens is 116 g/mol. The second kappa shape index (κ2) is 5.54. The predicted octanol–water partition coefficient (Wildman–Crippen LogP) is 0.264. The zero-order valence-electron chi connectivity index (χ0n) is 5.63. The van der Waals surface area contributed by atoms with Gasteiger partial charge in [0.2, 0.25) is 0 Å². The van der Waals surface area contributed by atoms with Crippen molar-refractivity contribution in [2.75, 3.05) is 13.2 Å². The number of rotatable bonds is 4. The summed E-state index contributed by atoms with van der Waals surface area (Å²) in [6.45, 7) is 2.62. The maximum atomic E-state index is 8.04. The van der Waals surface area contributed by atoms with Crippen molar-refractivity contribution in [2.45, 2.75) is 19.4 Å². The van der Waals surface area contributed by atoms with E-state index in [9.17, 15) is 0 Å². The molecule has 2 N–H and O–H groups in total. The lowest BCUT2D eigenvalue weighted by atomic mass is 10.3. The van der Waals surface area contributed by atoms with Gasteiger partial charge in [-0.3, -0.25) is 0 Å². The Bertz CT molecular complexity index is 97.7. The van der Waals surface area contributed by atoms with E-state index in [2.05, 4.69) is 0 Å². The SMILES string of the molecule is CC[C@@H](N)COCC#N. The lowest BCUT2D eigenvalue weighted by molar-refractivity contribution is 0.149. The van der Waals surface area contributed by atoms with Gasteiger partial charge in [-0.1, -0.05) is 6.92 Å². The van der Waals surface area contributed by atoms with E-state index in [1.807, 2.05) is 13.0 Å². The van der Waals surface area contributed by atoms with Gasteiger partial charge in [-0.25, -0.2) is 0 Å². The largest absolute Gasteiger partial charge is 0.365 e. The lowest BCUT2D eigenvalue weighted by Gasteiger charge is -2.05. The van der Waals surface area contributed by atoms with E-state index in [1.54, 1.807) is 0 Å². The van der Waals surface area contributed by atoms with Gasteiger partial charge in [0.15, 0.2) is 0 Å². The molecule has 3 nitrogen and oxygen atoms in total. The quantitative estimate of drug-likeness (QED) is 0.552. The molecular formula is C6H12N2O. The monoisotopic (exact) mass is 128 g/mol. The first kappa shape index (κ1) is 8.41. The molecule has 0 aliphatic rings. The molecule has 0 aliphatic carbocycles. The van der Waals surface area contributed by atoms with Crippen molar-refractivity contribution < 1.29 is 4.74 Å². The molecule has 0 aromatic rings. The molecule has 0 saturated heterocycles. The van der Waals surface area contributed by atoms with Crippen LogP contribution in [-0.4, -0.2) is 19.3 Å². The molecule has 0 rings (SSSR count). The Morgan fingerprint density at radius 3 is 2.89 bits per heavy atom. The molecule has 3 heteroatoms. The van der Waals surface area contributed by atoms with E-state index in [1.165, 1.54) is 0 Å². The molecule has 0 amide bonds. The first-order valence-corrected chi connectivity index (χ1v) is 3.01. The van der Waals surface area contributed by atoms with Crippen molar-refractivity contribution in [3.63, 3.8) is 0 Å². The maximum absolute atomic E-state index is 8.04. The average molecular weight is 128 g/mol.